The van der Waals surface area contributed by atoms with Crippen molar-refractivity contribution in [1.29, 1.82) is 0 Å². The highest BCUT2D eigenvalue weighted by Crippen LogP contribution is 2.20. The van der Waals surface area contributed by atoms with E-state index in [4.69, 9.17) is 9.72 Å². The highest BCUT2D eigenvalue weighted by molar-refractivity contribution is 7.89. The first kappa shape index (κ1) is 22.7. The molecule has 0 spiro atoms. The predicted molar refractivity (Wildman–Crippen MR) is 126 cm³/mol. The van der Waals surface area contributed by atoms with Crippen molar-refractivity contribution in [2.75, 3.05) is 51.3 Å². The van der Waals surface area contributed by atoms with Gasteiger partial charge >= 0.3 is 0 Å². The Morgan fingerprint density at radius 3 is 2.44 bits per heavy atom. The summed E-state index contributed by atoms with van der Waals surface area (Å²) in [6.07, 6.45) is 0.742. The van der Waals surface area contributed by atoms with Crippen LogP contribution in [0.15, 0.2) is 59.5 Å². The number of hydrogen-bond acceptors (Lipinski definition) is 8. The maximum absolute atomic E-state index is 12.5. The van der Waals surface area contributed by atoms with Gasteiger partial charge in [0.25, 0.3) is 0 Å². The van der Waals surface area contributed by atoms with Gasteiger partial charge in [-0.15, -0.1) is 0 Å². The van der Waals surface area contributed by atoms with Gasteiger partial charge in [-0.1, -0.05) is 30.3 Å². The lowest BCUT2D eigenvalue weighted by molar-refractivity contribution is 0.262. The summed E-state index contributed by atoms with van der Waals surface area (Å²) < 4.78 is 37.2. The molecule has 0 radical (unpaired) electrons. The molecular weight excluding hydrogens is 446 g/mol. The molecule has 0 saturated carbocycles. The van der Waals surface area contributed by atoms with E-state index < -0.39 is 10.0 Å². The van der Waals surface area contributed by atoms with Gasteiger partial charge in [0.2, 0.25) is 15.2 Å². The van der Waals surface area contributed by atoms with Crippen molar-refractivity contribution in [1.82, 2.24) is 19.0 Å². The number of methoxy groups -OCH3 is 1. The maximum Gasteiger partial charge on any atom is 0.240 e. The molecule has 0 aliphatic carbocycles. The zero-order valence-corrected chi connectivity index (χ0v) is 19.6. The van der Waals surface area contributed by atoms with Crippen LogP contribution in [-0.2, 0) is 16.4 Å². The number of sulfonamides is 1. The number of rotatable bonds is 9. The topological polar surface area (TPSA) is 87.7 Å². The average Bonchev–Trinajstić information content (AvgIpc) is 3.28. The summed E-state index contributed by atoms with van der Waals surface area (Å²) in [5, 5.41) is 0.954. The van der Waals surface area contributed by atoms with Gasteiger partial charge in [-0.2, -0.15) is 4.37 Å². The highest BCUT2D eigenvalue weighted by Gasteiger charge is 2.21. The van der Waals surface area contributed by atoms with E-state index in [1.54, 1.807) is 31.4 Å². The van der Waals surface area contributed by atoms with Gasteiger partial charge in [-0.3, -0.25) is 4.90 Å². The number of nitrogens with one attached hydrogen (secondary N) is 1. The number of piperazine rings is 1. The van der Waals surface area contributed by atoms with E-state index in [1.165, 1.54) is 17.1 Å². The molecule has 2 heterocycles. The van der Waals surface area contributed by atoms with E-state index >= 15 is 0 Å². The van der Waals surface area contributed by atoms with Crippen LogP contribution in [0.2, 0.25) is 0 Å². The molecule has 3 aromatic rings. The summed E-state index contributed by atoms with van der Waals surface area (Å²) in [7, 11) is -1.97. The van der Waals surface area contributed by atoms with E-state index in [1.807, 2.05) is 18.2 Å². The minimum absolute atomic E-state index is 0.241. The largest absolute Gasteiger partial charge is 0.497 e. The van der Waals surface area contributed by atoms with Crippen LogP contribution in [-0.4, -0.2) is 69.1 Å². The molecular formula is C22H27N5O3S2. The molecule has 1 saturated heterocycles. The van der Waals surface area contributed by atoms with Gasteiger partial charge < -0.3 is 9.64 Å². The molecule has 1 aliphatic heterocycles. The fraction of sp³-hybridized carbons (Fsp3) is 0.364. The van der Waals surface area contributed by atoms with E-state index in [0.717, 1.165) is 43.6 Å². The highest BCUT2D eigenvalue weighted by atomic mass is 32.2. The molecule has 4 rings (SSSR count). The van der Waals surface area contributed by atoms with Crippen molar-refractivity contribution < 1.29 is 13.2 Å². The average molecular weight is 474 g/mol. The molecule has 0 bridgehead atoms. The predicted octanol–water partition coefficient (Wildman–Crippen LogP) is 2.24. The normalized spacial score (nSPS) is 15.1. The Morgan fingerprint density at radius 2 is 1.75 bits per heavy atom. The van der Waals surface area contributed by atoms with Crippen LogP contribution in [0.25, 0.3) is 0 Å². The Bertz CT molecular complexity index is 1100. The van der Waals surface area contributed by atoms with Crippen LogP contribution in [0.1, 0.15) is 11.4 Å². The Balaban J connectivity index is 1.22. The Hall–Kier alpha value is -2.53. The quantitative estimate of drug-likeness (QED) is 0.510. The third-order valence-corrected chi connectivity index (χ3v) is 7.69. The summed E-state index contributed by atoms with van der Waals surface area (Å²) in [4.78, 5) is 9.47. The number of nitrogens with zero attached hydrogens (tertiary/aromatic N) is 4. The van der Waals surface area contributed by atoms with Gasteiger partial charge in [0.05, 0.1) is 12.0 Å². The molecule has 1 N–H and O–H groups in total. The van der Waals surface area contributed by atoms with Crippen molar-refractivity contribution in [3.05, 3.63) is 66.0 Å². The third-order valence-electron chi connectivity index (χ3n) is 5.40. The minimum Gasteiger partial charge on any atom is -0.497 e. The molecule has 0 atom stereocenters. The van der Waals surface area contributed by atoms with Crippen LogP contribution in [0.5, 0.6) is 5.75 Å². The fourth-order valence-electron chi connectivity index (χ4n) is 3.56. The number of aromatic nitrogens is 2. The lowest BCUT2D eigenvalue weighted by Crippen LogP contribution is -2.48. The molecule has 10 heteroatoms. The SMILES string of the molecule is COc1ccc(S(=O)(=O)NCCN2CCN(c3nc(Cc4ccccc4)ns3)CC2)cc1. The Morgan fingerprint density at radius 1 is 1.03 bits per heavy atom. The first-order chi connectivity index (χ1) is 15.5. The molecule has 32 heavy (non-hydrogen) atoms. The smallest absolute Gasteiger partial charge is 0.240 e. The molecule has 0 amide bonds. The van der Waals surface area contributed by atoms with Gasteiger partial charge in [-0.05, 0) is 29.8 Å². The molecule has 1 aromatic heterocycles. The summed E-state index contributed by atoms with van der Waals surface area (Å²) in [6, 6.07) is 16.6. The third kappa shape index (κ3) is 5.83. The van der Waals surface area contributed by atoms with Crippen molar-refractivity contribution in [3.8, 4) is 5.75 Å². The summed E-state index contributed by atoms with van der Waals surface area (Å²) >= 11 is 1.44. The van der Waals surface area contributed by atoms with Crippen LogP contribution < -0.4 is 14.4 Å². The van der Waals surface area contributed by atoms with Gasteiger partial charge in [0, 0.05) is 57.2 Å². The molecule has 8 nitrogen and oxygen atoms in total. The number of ether oxygens (including phenoxy) is 1. The van der Waals surface area contributed by atoms with Crippen LogP contribution >= 0.6 is 11.5 Å². The molecule has 1 aliphatic rings. The Labute approximate surface area is 193 Å². The molecule has 170 valence electrons. The molecule has 0 unspecified atom stereocenters. The van der Waals surface area contributed by atoms with Crippen molar-refractivity contribution in [2.45, 2.75) is 11.3 Å². The van der Waals surface area contributed by atoms with Crippen LogP contribution in [0, 0.1) is 0 Å². The second kappa shape index (κ2) is 10.4. The first-order valence-electron chi connectivity index (χ1n) is 10.5. The van der Waals surface area contributed by atoms with Crippen molar-refractivity contribution in [3.63, 3.8) is 0 Å². The van der Waals surface area contributed by atoms with Crippen molar-refractivity contribution >= 4 is 26.7 Å². The first-order valence-corrected chi connectivity index (χ1v) is 12.8. The summed E-state index contributed by atoms with van der Waals surface area (Å²) in [5.74, 6) is 1.48. The monoisotopic (exact) mass is 473 g/mol. The summed E-state index contributed by atoms with van der Waals surface area (Å²) in [6.45, 7) is 4.46. The lowest BCUT2D eigenvalue weighted by Gasteiger charge is -2.34. The van der Waals surface area contributed by atoms with Crippen LogP contribution in [0.4, 0.5) is 5.13 Å². The Kier molecular flexibility index (Phi) is 7.36. The lowest BCUT2D eigenvalue weighted by atomic mass is 10.1. The maximum atomic E-state index is 12.5. The van der Waals surface area contributed by atoms with Gasteiger partial charge in [0.1, 0.15) is 11.6 Å². The number of benzene rings is 2. The second-order valence-corrected chi connectivity index (χ2v) is 10.1. The zero-order valence-electron chi connectivity index (χ0n) is 18.0. The van der Waals surface area contributed by atoms with E-state index in [-0.39, 0.29) is 4.90 Å². The standard InChI is InChI=1S/C22H27N5O3S2/c1-30-19-7-9-20(10-8-19)32(28,29)23-11-12-26-13-15-27(16-14-26)22-24-21(25-31-22)17-18-5-3-2-4-6-18/h2-10,23H,11-17H2,1H3. The fourth-order valence-corrected chi connectivity index (χ4v) is 5.32. The minimum atomic E-state index is -3.52. The van der Waals surface area contributed by atoms with E-state index in [9.17, 15) is 8.42 Å². The van der Waals surface area contributed by atoms with Gasteiger partial charge in [0.15, 0.2) is 0 Å². The van der Waals surface area contributed by atoms with E-state index in [2.05, 4.69) is 31.0 Å². The molecule has 2 aromatic carbocycles. The number of anilines is 1. The molecule has 1 fully saturated rings. The van der Waals surface area contributed by atoms with Crippen LogP contribution in [0.3, 0.4) is 0 Å². The summed E-state index contributed by atoms with van der Waals surface area (Å²) in [5.41, 5.74) is 1.21. The van der Waals surface area contributed by atoms with Gasteiger partial charge in [-0.25, -0.2) is 18.1 Å². The zero-order chi connectivity index (χ0) is 22.4. The number of hydrogen-bond donors (Lipinski definition) is 1. The second-order valence-electron chi connectivity index (χ2n) is 7.56. The van der Waals surface area contributed by atoms with Crippen molar-refractivity contribution in [2.24, 2.45) is 0 Å². The van der Waals surface area contributed by atoms with E-state index in [0.29, 0.717) is 18.8 Å².